The van der Waals surface area contributed by atoms with Crippen LogP contribution >= 0.6 is 11.3 Å². The Bertz CT molecular complexity index is 578. The lowest BCUT2D eigenvalue weighted by atomic mass is 10.2. The Kier molecular flexibility index (Phi) is 2.22. The van der Waals surface area contributed by atoms with Crippen molar-refractivity contribution in [3.63, 3.8) is 0 Å². The quantitative estimate of drug-likeness (QED) is 0.863. The number of carbonyl (C=O) groups is 1. The SMILES string of the molecule is O=C(NC1C2CNCC21)c1cc2ccccc2s1. The third-order valence-corrected chi connectivity index (χ3v) is 5.15. The summed E-state index contributed by atoms with van der Waals surface area (Å²) in [5.41, 5.74) is 0. The third kappa shape index (κ3) is 1.56. The van der Waals surface area contributed by atoms with Crippen LogP contribution in [0, 0.1) is 11.8 Å². The van der Waals surface area contributed by atoms with E-state index in [1.807, 2.05) is 18.2 Å². The standard InChI is InChI=1S/C14H14N2OS/c17-14(16-13-9-6-15-7-10(9)13)12-5-8-3-1-2-4-11(8)18-12/h1-5,9-10,13,15H,6-7H2,(H,16,17). The molecule has 2 heterocycles. The van der Waals surface area contributed by atoms with Crippen LogP contribution in [0.5, 0.6) is 0 Å². The number of hydrogen-bond acceptors (Lipinski definition) is 3. The summed E-state index contributed by atoms with van der Waals surface area (Å²) in [5, 5.41) is 7.66. The number of rotatable bonds is 2. The molecule has 0 radical (unpaired) electrons. The van der Waals surface area contributed by atoms with Gasteiger partial charge >= 0.3 is 0 Å². The fraction of sp³-hybridized carbons (Fsp3) is 0.357. The molecule has 2 unspecified atom stereocenters. The second-order valence-electron chi connectivity index (χ2n) is 5.13. The summed E-state index contributed by atoms with van der Waals surface area (Å²) < 4.78 is 1.18. The average molecular weight is 258 g/mol. The molecule has 1 aromatic heterocycles. The van der Waals surface area contributed by atoms with Crippen LogP contribution < -0.4 is 10.6 Å². The summed E-state index contributed by atoms with van der Waals surface area (Å²) in [5.74, 6) is 1.43. The van der Waals surface area contributed by atoms with Crippen LogP contribution in [0.2, 0.25) is 0 Å². The first kappa shape index (κ1) is 10.5. The van der Waals surface area contributed by atoms with Crippen LogP contribution in [0.4, 0.5) is 0 Å². The van der Waals surface area contributed by atoms with Crippen LogP contribution in [-0.4, -0.2) is 25.0 Å². The minimum atomic E-state index is 0.0931. The molecule has 1 amide bonds. The molecule has 0 spiro atoms. The number of carbonyl (C=O) groups excluding carboxylic acids is 1. The highest BCUT2D eigenvalue weighted by atomic mass is 32.1. The molecule has 2 fully saturated rings. The molecular weight excluding hydrogens is 244 g/mol. The summed E-state index contributed by atoms with van der Waals surface area (Å²) in [6.07, 6.45) is 0. The molecule has 92 valence electrons. The van der Waals surface area contributed by atoms with Gasteiger partial charge in [0, 0.05) is 23.8 Å². The number of hydrogen-bond donors (Lipinski definition) is 2. The molecule has 3 nitrogen and oxygen atoms in total. The van der Waals surface area contributed by atoms with E-state index >= 15 is 0 Å². The van der Waals surface area contributed by atoms with Gasteiger partial charge in [-0.3, -0.25) is 4.79 Å². The van der Waals surface area contributed by atoms with E-state index < -0.39 is 0 Å². The van der Waals surface area contributed by atoms with Crippen LogP contribution in [-0.2, 0) is 0 Å². The van der Waals surface area contributed by atoms with Crippen molar-refractivity contribution < 1.29 is 4.79 Å². The number of benzene rings is 1. The smallest absolute Gasteiger partial charge is 0.261 e. The van der Waals surface area contributed by atoms with E-state index in [9.17, 15) is 4.79 Å². The van der Waals surface area contributed by atoms with Gasteiger partial charge in [0.1, 0.15) is 0 Å². The molecule has 1 aliphatic carbocycles. The van der Waals surface area contributed by atoms with Gasteiger partial charge in [0.15, 0.2) is 0 Å². The van der Waals surface area contributed by atoms with Gasteiger partial charge < -0.3 is 10.6 Å². The van der Waals surface area contributed by atoms with Gasteiger partial charge in [-0.05, 0) is 29.4 Å². The van der Waals surface area contributed by atoms with Gasteiger partial charge in [0.2, 0.25) is 0 Å². The van der Waals surface area contributed by atoms with E-state index in [4.69, 9.17) is 0 Å². The van der Waals surface area contributed by atoms with Gasteiger partial charge in [0.05, 0.1) is 4.88 Å². The second-order valence-corrected chi connectivity index (χ2v) is 6.22. The van der Waals surface area contributed by atoms with E-state index in [1.54, 1.807) is 11.3 Å². The molecule has 4 rings (SSSR count). The third-order valence-electron chi connectivity index (χ3n) is 4.04. The van der Waals surface area contributed by atoms with Crippen LogP contribution in [0.25, 0.3) is 10.1 Å². The molecule has 18 heavy (non-hydrogen) atoms. The van der Waals surface area contributed by atoms with Crippen molar-refractivity contribution in [3.8, 4) is 0 Å². The van der Waals surface area contributed by atoms with Crippen LogP contribution in [0.3, 0.4) is 0 Å². The van der Waals surface area contributed by atoms with Crippen molar-refractivity contribution in [2.45, 2.75) is 6.04 Å². The molecule has 2 aliphatic rings. The van der Waals surface area contributed by atoms with Crippen molar-refractivity contribution in [1.29, 1.82) is 0 Å². The first-order chi connectivity index (χ1) is 8.83. The highest BCUT2D eigenvalue weighted by Gasteiger charge is 2.53. The molecule has 2 atom stereocenters. The summed E-state index contributed by atoms with van der Waals surface area (Å²) in [6, 6.07) is 10.5. The number of fused-ring (bicyclic) bond motifs is 2. The Morgan fingerprint density at radius 3 is 2.83 bits per heavy atom. The summed E-state index contributed by atoms with van der Waals surface area (Å²) in [7, 11) is 0. The lowest BCUT2D eigenvalue weighted by Crippen LogP contribution is -2.32. The highest BCUT2D eigenvalue weighted by Crippen LogP contribution is 2.41. The largest absolute Gasteiger partial charge is 0.348 e. The summed E-state index contributed by atoms with van der Waals surface area (Å²) >= 11 is 1.58. The molecule has 1 aliphatic heterocycles. The topological polar surface area (TPSA) is 41.1 Å². The Morgan fingerprint density at radius 2 is 2.06 bits per heavy atom. The zero-order valence-electron chi connectivity index (χ0n) is 9.85. The number of thiophene rings is 1. The Labute approximate surface area is 109 Å². The lowest BCUT2D eigenvalue weighted by molar-refractivity contribution is 0.0950. The number of amides is 1. The Hall–Kier alpha value is -1.39. The Morgan fingerprint density at radius 1 is 1.28 bits per heavy atom. The van der Waals surface area contributed by atoms with Crippen molar-refractivity contribution >= 4 is 27.3 Å². The van der Waals surface area contributed by atoms with Gasteiger partial charge in [-0.2, -0.15) is 0 Å². The predicted octanol–water partition coefficient (Wildman–Crippen LogP) is 1.85. The minimum absolute atomic E-state index is 0.0931. The maximum Gasteiger partial charge on any atom is 0.261 e. The molecule has 1 aromatic carbocycles. The molecule has 1 saturated carbocycles. The zero-order chi connectivity index (χ0) is 12.1. The molecule has 1 saturated heterocycles. The number of piperidine rings is 1. The highest BCUT2D eigenvalue weighted by molar-refractivity contribution is 7.20. The molecule has 4 heteroatoms. The lowest BCUT2D eigenvalue weighted by Gasteiger charge is -2.05. The molecule has 0 bridgehead atoms. The molecule has 2 N–H and O–H groups in total. The van der Waals surface area contributed by atoms with Gasteiger partial charge in [-0.1, -0.05) is 18.2 Å². The normalized spacial score (nSPS) is 29.2. The van der Waals surface area contributed by atoms with Crippen LogP contribution in [0.15, 0.2) is 30.3 Å². The first-order valence-corrected chi connectivity index (χ1v) is 7.15. The van der Waals surface area contributed by atoms with E-state index in [1.165, 1.54) is 4.70 Å². The van der Waals surface area contributed by atoms with Gasteiger partial charge in [0.25, 0.3) is 5.91 Å². The Balaban J connectivity index is 1.54. The zero-order valence-corrected chi connectivity index (χ0v) is 10.7. The second kappa shape index (κ2) is 3.80. The van der Waals surface area contributed by atoms with E-state index in [0.717, 1.165) is 23.4 Å². The van der Waals surface area contributed by atoms with Gasteiger partial charge in [-0.15, -0.1) is 11.3 Å². The fourth-order valence-corrected chi connectivity index (χ4v) is 3.91. The summed E-state index contributed by atoms with van der Waals surface area (Å²) in [6.45, 7) is 2.12. The van der Waals surface area contributed by atoms with E-state index in [2.05, 4.69) is 22.8 Å². The van der Waals surface area contributed by atoms with Crippen LogP contribution in [0.1, 0.15) is 9.67 Å². The molecule has 2 aromatic rings. The summed E-state index contributed by atoms with van der Waals surface area (Å²) in [4.78, 5) is 13.0. The van der Waals surface area contributed by atoms with Crippen molar-refractivity contribution in [1.82, 2.24) is 10.6 Å². The monoisotopic (exact) mass is 258 g/mol. The maximum atomic E-state index is 12.2. The average Bonchev–Trinajstić information content (AvgIpc) is 2.84. The first-order valence-electron chi connectivity index (χ1n) is 6.33. The van der Waals surface area contributed by atoms with Crippen molar-refractivity contribution in [2.75, 3.05) is 13.1 Å². The van der Waals surface area contributed by atoms with Crippen molar-refractivity contribution in [2.24, 2.45) is 11.8 Å². The predicted molar refractivity (Wildman–Crippen MR) is 72.9 cm³/mol. The van der Waals surface area contributed by atoms with E-state index in [-0.39, 0.29) is 5.91 Å². The maximum absolute atomic E-state index is 12.2. The fourth-order valence-electron chi connectivity index (χ4n) is 2.95. The van der Waals surface area contributed by atoms with Gasteiger partial charge in [-0.25, -0.2) is 0 Å². The number of nitrogens with one attached hydrogen (secondary N) is 2. The minimum Gasteiger partial charge on any atom is -0.348 e. The molecular formula is C14H14N2OS. The van der Waals surface area contributed by atoms with E-state index in [0.29, 0.717) is 17.9 Å². The van der Waals surface area contributed by atoms with Crippen molar-refractivity contribution in [3.05, 3.63) is 35.2 Å².